The molecule has 45 heavy (non-hydrogen) atoms. The maximum absolute atomic E-state index is 8.88. The Morgan fingerprint density at radius 3 is 1.29 bits per heavy atom. The maximum atomic E-state index is 8.88. The van der Waals surface area contributed by atoms with Crippen LogP contribution in [0.5, 0.6) is 0 Å². The topological polar surface area (TPSA) is 171 Å². The fraction of sp³-hybridized carbons (Fsp3) is 0.963. The monoisotopic (exact) mass is 1210 g/mol. The van der Waals surface area contributed by atoms with Crippen LogP contribution >= 0.6 is 8.53 Å². The van der Waals surface area contributed by atoms with Gasteiger partial charge < -0.3 is 28.0 Å². The summed E-state index contributed by atoms with van der Waals surface area (Å²) in [5.41, 5.74) is -0.616. The zero-order valence-electron chi connectivity index (χ0n) is 26.9. The standard InChI is InChI=1S/C27H55N2O12P.3Ir/c1-25(2)29(26(3)4)42(41-20-7-11-28)40-19-6-5-12-33-21-27(22-34-13-8-16-37-30,23-35-14-9-17-38-31)24-36-15-10-18-39-32;;;/h25-26,30-32H,5-10,12-24H2,1-4H3;;;. The van der Waals surface area contributed by atoms with Crippen molar-refractivity contribution in [3.8, 4) is 6.07 Å². The summed E-state index contributed by atoms with van der Waals surface area (Å²) in [5, 5.41) is 34.6. The molecule has 277 valence electrons. The first-order valence-corrected chi connectivity index (χ1v) is 15.8. The van der Waals surface area contributed by atoms with Crippen molar-refractivity contribution in [3.63, 3.8) is 0 Å². The Morgan fingerprint density at radius 2 is 0.933 bits per heavy atom. The smallest absolute Gasteiger partial charge is 0.259 e. The van der Waals surface area contributed by atoms with E-state index in [9.17, 15) is 0 Å². The van der Waals surface area contributed by atoms with Crippen molar-refractivity contribution in [1.29, 1.82) is 5.26 Å². The first kappa shape index (κ1) is 53.1. The van der Waals surface area contributed by atoms with Gasteiger partial charge in [-0.25, -0.2) is 19.3 Å². The molecule has 3 N–H and O–H groups in total. The van der Waals surface area contributed by atoms with Crippen LogP contribution in [0.4, 0.5) is 0 Å². The van der Waals surface area contributed by atoms with Crippen LogP contribution in [0.2, 0.25) is 0 Å². The number of hydrogen-bond acceptors (Lipinski definition) is 14. The van der Waals surface area contributed by atoms with Crippen molar-refractivity contribution in [2.24, 2.45) is 5.41 Å². The second kappa shape index (κ2) is 38.2. The van der Waals surface area contributed by atoms with Gasteiger partial charge in [-0.05, 0) is 59.8 Å². The molecule has 0 heterocycles. The second-order valence-electron chi connectivity index (χ2n) is 10.4. The van der Waals surface area contributed by atoms with E-state index in [0.717, 1.165) is 12.8 Å². The van der Waals surface area contributed by atoms with Crippen molar-refractivity contribution in [2.45, 2.75) is 78.3 Å². The molecule has 0 aliphatic carbocycles. The summed E-state index contributed by atoms with van der Waals surface area (Å²) in [6, 6.07) is 2.59. The first-order valence-electron chi connectivity index (χ1n) is 14.7. The molecule has 0 aromatic heterocycles. The Balaban J connectivity index is -0.00000280. The van der Waals surface area contributed by atoms with Crippen LogP contribution in [0.15, 0.2) is 0 Å². The van der Waals surface area contributed by atoms with Crippen molar-refractivity contribution in [3.05, 3.63) is 0 Å². The molecule has 0 saturated heterocycles. The molecule has 0 spiro atoms. The predicted octanol–water partition coefficient (Wildman–Crippen LogP) is 4.74. The summed E-state index contributed by atoms with van der Waals surface area (Å²) >= 11 is 0. The first-order chi connectivity index (χ1) is 20.4. The van der Waals surface area contributed by atoms with Gasteiger partial charge in [0.25, 0.3) is 8.53 Å². The third-order valence-corrected chi connectivity index (χ3v) is 7.86. The second-order valence-corrected chi connectivity index (χ2v) is 11.8. The Labute approximate surface area is 311 Å². The minimum absolute atomic E-state index is 0. The van der Waals surface area contributed by atoms with Crippen molar-refractivity contribution in [1.82, 2.24) is 4.67 Å². The molecule has 0 aromatic carbocycles. The van der Waals surface area contributed by atoms with E-state index in [1.54, 1.807) is 0 Å². The fourth-order valence-electron chi connectivity index (χ4n) is 3.84. The van der Waals surface area contributed by atoms with Gasteiger partial charge >= 0.3 is 0 Å². The van der Waals surface area contributed by atoms with Crippen LogP contribution in [0, 0.1) is 16.7 Å². The van der Waals surface area contributed by atoms with Gasteiger partial charge in [-0.3, -0.25) is 15.8 Å². The molecule has 0 saturated carbocycles. The molecule has 14 nitrogen and oxygen atoms in total. The zero-order valence-corrected chi connectivity index (χ0v) is 35.0. The van der Waals surface area contributed by atoms with Crippen LogP contribution in [-0.2, 0) is 103 Å². The summed E-state index contributed by atoms with van der Waals surface area (Å²) in [4.78, 5) is 12.3. The van der Waals surface area contributed by atoms with Crippen LogP contribution in [0.25, 0.3) is 0 Å². The summed E-state index contributed by atoms with van der Waals surface area (Å²) < 4.78 is 37.9. The summed E-state index contributed by atoms with van der Waals surface area (Å²) in [7, 11) is -1.27. The van der Waals surface area contributed by atoms with Gasteiger partial charge in [0.1, 0.15) is 0 Å². The van der Waals surface area contributed by atoms with E-state index in [4.69, 9.17) is 49.0 Å². The van der Waals surface area contributed by atoms with Gasteiger partial charge in [0, 0.05) is 98.8 Å². The normalized spacial score (nSPS) is 12.1. The van der Waals surface area contributed by atoms with Gasteiger partial charge in [-0.1, -0.05) is 0 Å². The van der Waals surface area contributed by atoms with Crippen LogP contribution in [0.3, 0.4) is 0 Å². The molecular weight excluding hydrogens is 1150 g/mol. The molecule has 0 bridgehead atoms. The molecule has 0 aliphatic rings. The van der Waals surface area contributed by atoms with Gasteiger partial charge in [-0.15, -0.1) is 0 Å². The van der Waals surface area contributed by atoms with Crippen molar-refractivity contribution >= 4 is 8.53 Å². The molecule has 0 fully saturated rings. The van der Waals surface area contributed by atoms with E-state index >= 15 is 0 Å². The minimum atomic E-state index is -1.27. The molecule has 0 aromatic rings. The average Bonchev–Trinajstić information content (AvgIpc) is 2.95. The number of nitrogens with zero attached hydrogens (tertiary/aromatic N) is 2. The minimum Gasteiger partial charge on any atom is -0.381 e. The Hall–Kier alpha value is 1.35. The van der Waals surface area contributed by atoms with Crippen molar-refractivity contribution in [2.75, 3.05) is 85.9 Å². The zero-order chi connectivity index (χ0) is 31.3. The summed E-state index contributed by atoms with van der Waals surface area (Å²) in [6.45, 7) is 12.5. The molecule has 18 heteroatoms. The molecule has 1 atom stereocenters. The van der Waals surface area contributed by atoms with E-state index in [-0.39, 0.29) is 92.2 Å². The largest absolute Gasteiger partial charge is 0.381 e. The van der Waals surface area contributed by atoms with Gasteiger partial charge in [0.05, 0.1) is 77.4 Å². The number of rotatable bonds is 32. The number of unbranched alkanes of at least 4 members (excludes halogenated alkanes) is 1. The number of nitriles is 1. The van der Waals surface area contributed by atoms with Gasteiger partial charge in [-0.2, -0.15) is 5.26 Å². The fourth-order valence-corrected chi connectivity index (χ4v) is 5.47. The third-order valence-electron chi connectivity index (χ3n) is 5.75. The maximum Gasteiger partial charge on any atom is 0.259 e. The summed E-state index contributed by atoms with van der Waals surface area (Å²) in [5.74, 6) is 0. The summed E-state index contributed by atoms with van der Waals surface area (Å²) in [6.07, 6.45) is 3.40. The van der Waals surface area contributed by atoms with E-state index in [1.807, 2.05) is 0 Å². The Kier molecular flexibility index (Phi) is 45.1. The Bertz CT molecular complexity index is 602. The van der Waals surface area contributed by atoms with E-state index < -0.39 is 13.9 Å². The molecular formula is C27H55Ir3N2O12P. The third kappa shape index (κ3) is 29.9. The number of hydrogen-bond donors (Lipinski definition) is 3. The Morgan fingerprint density at radius 1 is 0.578 bits per heavy atom. The SMILES string of the molecule is CC(C)N(C(C)C)P(OCCC#N)OCCCCOCC(COCCCOO)(COCCCOO)COCCCOO.[Ir].[Ir].[Ir]. The van der Waals surface area contributed by atoms with E-state index in [1.165, 1.54) is 0 Å². The van der Waals surface area contributed by atoms with E-state index in [0.29, 0.717) is 91.8 Å². The molecule has 0 amide bonds. The van der Waals surface area contributed by atoms with Gasteiger partial charge in [0.15, 0.2) is 0 Å². The predicted molar refractivity (Wildman–Crippen MR) is 156 cm³/mol. The molecule has 0 aliphatic heterocycles. The molecule has 0 rings (SSSR count). The molecule has 1 unspecified atom stereocenters. The van der Waals surface area contributed by atoms with Crippen LogP contribution < -0.4 is 0 Å². The van der Waals surface area contributed by atoms with Crippen LogP contribution in [0.1, 0.15) is 66.2 Å². The molecule has 3 radical (unpaired) electrons. The van der Waals surface area contributed by atoms with Crippen molar-refractivity contribution < 1.29 is 119 Å². The van der Waals surface area contributed by atoms with Gasteiger partial charge in [0.2, 0.25) is 0 Å². The van der Waals surface area contributed by atoms with E-state index in [2.05, 4.69) is 53.1 Å². The quantitative estimate of drug-likeness (QED) is 0.0365. The van der Waals surface area contributed by atoms with Crippen LogP contribution in [-0.4, -0.2) is 118 Å². The average molecular weight is 1210 g/mol. The number of ether oxygens (including phenoxy) is 4.